The molecule has 0 atom stereocenters. The fourth-order valence-corrected chi connectivity index (χ4v) is 3.08. The summed E-state index contributed by atoms with van der Waals surface area (Å²) in [4.78, 5) is 18.4. The molecule has 1 amide bonds. The zero-order chi connectivity index (χ0) is 12.4. The second-order valence-corrected chi connectivity index (χ2v) is 5.29. The summed E-state index contributed by atoms with van der Waals surface area (Å²) in [5.74, 6) is 0.626. The van der Waals surface area contributed by atoms with Crippen LogP contribution in [0.5, 0.6) is 0 Å². The Morgan fingerprint density at radius 2 is 2.33 bits per heavy atom. The van der Waals surface area contributed by atoms with Crippen LogP contribution in [-0.4, -0.2) is 36.5 Å². The van der Waals surface area contributed by atoms with Gasteiger partial charge in [0, 0.05) is 18.8 Å². The molecule has 1 aromatic carbocycles. The van der Waals surface area contributed by atoms with Gasteiger partial charge in [-0.2, -0.15) is 0 Å². The first kappa shape index (κ1) is 11.6. The van der Waals surface area contributed by atoms with Crippen molar-refractivity contribution in [2.45, 2.75) is 6.42 Å². The molecule has 94 valence electrons. The molecule has 0 unspecified atom stereocenters. The summed E-state index contributed by atoms with van der Waals surface area (Å²) in [6, 6.07) is 8.13. The number of aliphatic imine (C=N–C) groups is 1. The lowest BCUT2D eigenvalue weighted by molar-refractivity contribution is -0.116. The molecule has 2 aliphatic heterocycles. The van der Waals surface area contributed by atoms with Crippen LogP contribution in [0.25, 0.3) is 0 Å². The lowest BCUT2D eigenvalue weighted by Crippen LogP contribution is -2.31. The Kier molecular flexibility index (Phi) is 3.23. The molecule has 2 aliphatic rings. The van der Waals surface area contributed by atoms with Gasteiger partial charge in [0.2, 0.25) is 5.91 Å². The normalized spacial score (nSPS) is 17.3. The number of carbonyl (C=O) groups excluding carboxylic acids is 1. The van der Waals surface area contributed by atoms with Gasteiger partial charge in [-0.15, -0.1) is 0 Å². The number of rotatable bonds is 2. The summed E-state index contributed by atoms with van der Waals surface area (Å²) in [7, 11) is 0. The molecule has 0 radical (unpaired) electrons. The van der Waals surface area contributed by atoms with Gasteiger partial charge in [0.25, 0.3) is 0 Å². The van der Waals surface area contributed by atoms with E-state index in [1.807, 2.05) is 23.1 Å². The summed E-state index contributed by atoms with van der Waals surface area (Å²) in [5, 5.41) is 4.06. The predicted molar refractivity (Wildman–Crippen MR) is 75.3 cm³/mol. The van der Waals surface area contributed by atoms with E-state index in [9.17, 15) is 4.79 Å². The first-order valence-electron chi connectivity index (χ1n) is 6.14. The van der Waals surface area contributed by atoms with E-state index >= 15 is 0 Å². The predicted octanol–water partition coefficient (Wildman–Crippen LogP) is 1.27. The van der Waals surface area contributed by atoms with E-state index in [0.717, 1.165) is 36.9 Å². The molecular formula is C13H15N3OS. The molecule has 3 rings (SSSR count). The Morgan fingerprint density at radius 1 is 1.44 bits per heavy atom. The van der Waals surface area contributed by atoms with Gasteiger partial charge in [0.1, 0.15) is 0 Å². The third-order valence-corrected chi connectivity index (χ3v) is 4.10. The second kappa shape index (κ2) is 5.02. The molecule has 0 bridgehead atoms. The number of carbonyl (C=O) groups is 1. The van der Waals surface area contributed by atoms with Crippen LogP contribution in [0.2, 0.25) is 0 Å². The molecule has 0 saturated carbocycles. The van der Waals surface area contributed by atoms with Crippen molar-refractivity contribution in [1.82, 2.24) is 5.32 Å². The van der Waals surface area contributed by atoms with Crippen LogP contribution in [-0.2, 0) is 11.2 Å². The van der Waals surface area contributed by atoms with E-state index in [1.54, 1.807) is 0 Å². The van der Waals surface area contributed by atoms with Crippen molar-refractivity contribution in [3.63, 3.8) is 0 Å². The maximum absolute atomic E-state index is 12.2. The van der Waals surface area contributed by atoms with E-state index in [0.29, 0.717) is 5.75 Å². The van der Waals surface area contributed by atoms with Gasteiger partial charge >= 0.3 is 0 Å². The number of thioether (sulfide) groups is 1. The highest BCUT2D eigenvalue weighted by Gasteiger charge is 2.24. The number of hydrogen-bond donors (Lipinski definition) is 1. The van der Waals surface area contributed by atoms with Crippen LogP contribution in [0.4, 0.5) is 5.69 Å². The number of amidine groups is 1. The van der Waals surface area contributed by atoms with E-state index in [2.05, 4.69) is 16.4 Å². The summed E-state index contributed by atoms with van der Waals surface area (Å²) in [5.41, 5.74) is 2.34. The Labute approximate surface area is 110 Å². The van der Waals surface area contributed by atoms with Crippen molar-refractivity contribution in [2.24, 2.45) is 4.99 Å². The zero-order valence-corrected chi connectivity index (χ0v) is 10.9. The third kappa shape index (κ3) is 2.22. The van der Waals surface area contributed by atoms with Crippen LogP contribution in [0.1, 0.15) is 5.56 Å². The van der Waals surface area contributed by atoms with E-state index < -0.39 is 0 Å². The first-order valence-corrected chi connectivity index (χ1v) is 7.12. The fourth-order valence-electron chi connectivity index (χ4n) is 2.28. The van der Waals surface area contributed by atoms with Crippen LogP contribution >= 0.6 is 11.8 Å². The number of benzene rings is 1. The standard InChI is InChI=1S/C13H15N3OS/c17-12(9-18-13-14-6-7-15-13)16-8-5-10-3-1-2-4-11(10)16/h1-4H,5-9H2,(H,14,15). The lowest BCUT2D eigenvalue weighted by Gasteiger charge is -2.16. The molecule has 5 heteroatoms. The van der Waals surface area contributed by atoms with Gasteiger partial charge < -0.3 is 10.2 Å². The quantitative estimate of drug-likeness (QED) is 0.872. The molecule has 4 nitrogen and oxygen atoms in total. The van der Waals surface area contributed by atoms with Gasteiger partial charge in [-0.05, 0) is 18.1 Å². The summed E-state index contributed by atoms with van der Waals surface area (Å²) in [6.07, 6.45) is 0.964. The summed E-state index contributed by atoms with van der Waals surface area (Å²) in [6.45, 7) is 2.52. The number of amides is 1. The number of fused-ring (bicyclic) bond motifs is 1. The van der Waals surface area contributed by atoms with Crippen molar-refractivity contribution < 1.29 is 4.79 Å². The highest BCUT2D eigenvalue weighted by atomic mass is 32.2. The minimum atomic E-state index is 0.168. The molecule has 1 N–H and O–H groups in total. The average molecular weight is 261 g/mol. The number of hydrogen-bond acceptors (Lipinski definition) is 4. The van der Waals surface area contributed by atoms with Crippen molar-refractivity contribution in [3.05, 3.63) is 29.8 Å². The average Bonchev–Trinajstić information content (AvgIpc) is 3.05. The van der Waals surface area contributed by atoms with E-state index in [4.69, 9.17) is 0 Å². The van der Waals surface area contributed by atoms with Gasteiger partial charge in [0.15, 0.2) is 5.17 Å². The van der Waals surface area contributed by atoms with E-state index in [1.165, 1.54) is 17.3 Å². The monoisotopic (exact) mass is 261 g/mol. The molecule has 0 saturated heterocycles. The molecule has 2 heterocycles. The number of nitrogens with zero attached hydrogens (tertiary/aromatic N) is 2. The summed E-state index contributed by atoms with van der Waals surface area (Å²) >= 11 is 1.50. The Balaban J connectivity index is 1.63. The number of nitrogens with one attached hydrogen (secondary N) is 1. The fraction of sp³-hybridized carbons (Fsp3) is 0.385. The minimum Gasteiger partial charge on any atom is -0.363 e. The first-order chi connectivity index (χ1) is 8.84. The van der Waals surface area contributed by atoms with Crippen molar-refractivity contribution in [2.75, 3.05) is 30.3 Å². The number of anilines is 1. The van der Waals surface area contributed by atoms with Crippen LogP contribution in [0, 0.1) is 0 Å². The maximum Gasteiger partial charge on any atom is 0.237 e. The molecular weight excluding hydrogens is 246 g/mol. The second-order valence-electron chi connectivity index (χ2n) is 4.33. The van der Waals surface area contributed by atoms with E-state index in [-0.39, 0.29) is 5.91 Å². The molecule has 0 aliphatic carbocycles. The van der Waals surface area contributed by atoms with Crippen LogP contribution in [0.3, 0.4) is 0 Å². The Bertz CT molecular complexity index is 501. The summed E-state index contributed by atoms with van der Waals surface area (Å²) < 4.78 is 0. The zero-order valence-electron chi connectivity index (χ0n) is 10.1. The van der Waals surface area contributed by atoms with Crippen molar-refractivity contribution in [1.29, 1.82) is 0 Å². The molecule has 1 aromatic rings. The van der Waals surface area contributed by atoms with Gasteiger partial charge in [-0.3, -0.25) is 9.79 Å². The van der Waals surface area contributed by atoms with Crippen molar-refractivity contribution in [3.8, 4) is 0 Å². The van der Waals surface area contributed by atoms with Crippen LogP contribution < -0.4 is 10.2 Å². The highest BCUT2D eigenvalue weighted by Crippen LogP contribution is 2.27. The topological polar surface area (TPSA) is 44.7 Å². The Morgan fingerprint density at radius 3 is 3.17 bits per heavy atom. The largest absolute Gasteiger partial charge is 0.363 e. The van der Waals surface area contributed by atoms with Gasteiger partial charge in [0.05, 0.1) is 12.3 Å². The molecule has 18 heavy (non-hydrogen) atoms. The molecule has 0 fully saturated rings. The smallest absolute Gasteiger partial charge is 0.237 e. The molecule has 0 spiro atoms. The third-order valence-electron chi connectivity index (χ3n) is 3.16. The maximum atomic E-state index is 12.2. The molecule has 0 aromatic heterocycles. The van der Waals surface area contributed by atoms with Crippen molar-refractivity contribution >= 4 is 28.5 Å². The minimum absolute atomic E-state index is 0.168. The van der Waals surface area contributed by atoms with Crippen LogP contribution in [0.15, 0.2) is 29.3 Å². The number of para-hydroxylation sites is 1. The lowest BCUT2D eigenvalue weighted by atomic mass is 10.2. The van der Waals surface area contributed by atoms with Gasteiger partial charge in [-0.1, -0.05) is 30.0 Å². The SMILES string of the molecule is O=C(CSC1=NCCN1)N1CCc2ccccc21. The highest BCUT2D eigenvalue weighted by molar-refractivity contribution is 8.14. The van der Waals surface area contributed by atoms with Gasteiger partial charge in [-0.25, -0.2) is 0 Å². The Hall–Kier alpha value is -1.49.